The summed E-state index contributed by atoms with van der Waals surface area (Å²) in [6.07, 6.45) is 8.83. The summed E-state index contributed by atoms with van der Waals surface area (Å²) in [7, 11) is 0. The Hall–Kier alpha value is -2.73. The van der Waals surface area contributed by atoms with Crippen LogP contribution in [0.3, 0.4) is 0 Å². The average molecular weight is 480 g/mol. The van der Waals surface area contributed by atoms with Crippen molar-refractivity contribution in [1.82, 2.24) is 10.5 Å². The normalized spacial score (nSPS) is 18.6. The topological polar surface area (TPSA) is 56.8 Å². The first-order valence-electron chi connectivity index (χ1n) is 12.5. The van der Waals surface area contributed by atoms with Gasteiger partial charge in [-0.1, -0.05) is 46.0 Å². The third-order valence-electron chi connectivity index (χ3n) is 7.35. The van der Waals surface area contributed by atoms with Crippen molar-refractivity contribution in [2.45, 2.75) is 85.7 Å². The van der Waals surface area contributed by atoms with Crippen molar-refractivity contribution in [2.24, 2.45) is 0 Å². The predicted octanol–water partition coefficient (Wildman–Crippen LogP) is 6.32. The average Bonchev–Trinajstić information content (AvgIpc) is 2.82. The summed E-state index contributed by atoms with van der Waals surface area (Å²) in [5.41, 5.74) is 15.2. The Balaban J connectivity index is 1.64. The van der Waals surface area contributed by atoms with Crippen LogP contribution < -0.4 is 15.6 Å². The number of hydrazine groups is 2. The maximum Gasteiger partial charge on any atom is 0.160 e. The molecular formula is C28H37N3O2S. The number of anilines is 1. The van der Waals surface area contributed by atoms with E-state index in [1.165, 1.54) is 16.7 Å². The van der Waals surface area contributed by atoms with Crippen LogP contribution in [0.5, 0.6) is 11.5 Å². The fourth-order valence-corrected chi connectivity index (χ4v) is 5.86. The van der Waals surface area contributed by atoms with Gasteiger partial charge >= 0.3 is 0 Å². The second-order valence-corrected chi connectivity index (χ2v) is 9.79. The third kappa shape index (κ3) is 4.02. The van der Waals surface area contributed by atoms with Crippen molar-refractivity contribution in [3.63, 3.8) is 0 Å². The molecule has 0 fully saturated rings. The highest BCUT2D eigenvalue weighted by Gasteiger charge is 2.42. The van der Waals surface area contributed by atoms with Crippen LogP contribution in [0.15, 0.2) is 18.3 Å². The summed E-state index contributed by atoms with van der Waals surface area (Å²) in [4.78, 5) is 0.664. The quantitative estimate of drug-likeness (QED) is 0.422. The number of nitrogens with one attached hydrogen (secondary N) is 2. The van der Waals surface area contributed by atoms with Gasteiger partial charge in [0.1, 0.15) is 16.5 Å². The number of fused-ring (bicyclic) bond motifs is 2. The van der Waals surface area contributed by atoms with Gasteiger partial charge in [0, 0.05) is 34.0 Å². The summed E-state index contributed by atoms with van der Waals surface area (Å²) in [5, 5.41) is 12.8. The van der Waals surface area contributed by atoms with E-state index in [4.69, 9.17) is 17.0 Å². The van der Waals surface area contributed by atoms with Crippen LogP contribution in [0.4, 0.5) is 5.69 Å². The Kier molecular flexibility index (Phi) is 6.81. The zero-order valence-electron chi connectivity index (χ0n) is 21.3. The smallest absolute Gasteiger partial charge is 0.160 e. The van der Waals surface area contributed by atoms with E-state index < -0.39 is 5.60 Å². The minimum absolute atomic E-state index is 0.459. The summed E-state index contributed by atoms with van der Waals surface area (Å²) < 4.78 is 6.85. The number of ether oxygens (including phenoxy) is 1. The first kappa shape index (κ1) is 24.4. The standard InChI is InChI=1S/C28H37N3O2S/c1-7-19-21(9-3)26-23(20(8-2)25(19)32)11-13-28(10-4,33-26)27(34)30-31-14-12-22-18(6)15-17(5)16-24(22)29-31/h12,14-16,29,32H,7-11,13H2,1-6H3,(H,30,34). The number of benzene rings is 2. The van der Waals surface area contributed by atoms with E-state index in [2.05, 4.69) is 70.6 Å². The molecule has 5 nitrogen and oxygen atoms in total. The highest BCUT2D eigenvalue weighted by molar-refractivity contribution is 7.80. The molecule has 0 bridgehead atoms. The number of phenols is 1. The van der Waals surface area contributed by atoms with E-state index in [1.807, 2.05) is 11.3 Å². The molecule has 2 aromatic rings. The predicted molar refractivity (Wildman–Crippen MR) is 144 cm³/mol. The molecule has 182 valence electrons. The lowest BCUT2D eigenvalue weighted by Crippen LogP contribution is -2.56. The molecule has 3 N–H and O–H groups in total. The molecule has 2 aliphatic rings. The molecule has 6 heteroatoms. The molecular weight excluding hydrogens is 442 g/mol. The number of aromatic hydroxyl groups is 1. The van der Waals surface area contributed by atoms with E-state index in [9.17, 15) is 5.11 Å². The van der Waals surface area contributed by atoms with Crippen molar-refractivity contribution in [3.05, 3.63) is 57.3 Å². The highest BCUT2D eigenvalue weighted by atomic mass is 32.1. The Morgan fingerprint density at radius 1 is 1.12 bits per heavy atom. The van der Waals surface area contributed by atoms with Crippen molar-refractivity contribution in [1.29, 1.82) is 0 Å². The number of nitrogens with zero attached hydrogens (tertiary/aromatic N) is 1. The molecule has 0 saturated heterocycles. The van der Waals surface area contributed by atoms with Gasteiger partial charge in [-0.15, -0.1) is 0 Å². The summed E-state index contributed by atoms with van der Waals surface area (Å²) >= 11 is 5.97. The van der Waals surface area contributed by atoms with Gasteiger partial charge in [0.15, 0.2) is 5.60 Å². The van der Waals surface area contributed by atoms with E-state index in [-0.39, 0.29) is 0 Å². The van der Waals surface area contributed by atoms with Gasteiger partial charge in [-0.05, 0) is 75.6 Å². The number of hydrogen-bond donors (Lipinski definition) is 3. The molecule has 2 aromatic carbocycles. The Morgan fingerprint density at radius 3 is 2.47 bits per heavy atom. The molecule has 1 atom stereocenters. The maximum absolute atomic E-state index is 11.0. The Labute approximate surface area is 209 Å². The fraction of sp³-hybridized carbons (Fsp3) is 0.464. The lowest BCUT2D eigenvalue weighted by molar-refractivity contribution is 0.103. The van der Waals surface area contributed by atoms with Crippen molar-refractivity contribution in [2.75, 3.05) is 5.43 Å². The first-order valence-corrected chi connectivity index (χ1v) is 12.9. The molecule has 2 heterocycles. The summed E-state index contributed by atoms with van der Waals surface area (Å²) in [5.74, 6) is 1.39. The van der Waals surface area contributed by atoms with Crippen molar-refractivity contribution in [3.8, 4) is 11.5 Å². The van der Waals surface area contributed by atoms with Gasteiger partial charge in [-0.25, -0.2) is 5.12 Å². The number of rotatable bonds is 6. The second-order valence-electron chi connectivity index (χ2n) is 9.38. The monoisotopic (exact) mass is 479 g/mol. The van der Waals surface area contributed by atoms with Crippen molar-refractivity contribution >= 4 is 29.0 Å². The summed E-state index contributed by atoms with van der Waals surface area (Å²) in [6.45, 7) is 12.7. The van der Waals surface area contributed by atoms with Crippen LogP contribution in [0.1, 0.15) is 79.5 Å². The zero-order chi connectivity index (χ0) is 24.6. The molecule has 1 unspecified atom stereocenters. The number of aryl methyl sites for hydroxylation is 2. The lowest BCUT2D eigenvalue weighted by Gasteiger charge is -2.42. The molecule has 4 rings (SSSR count). The lowest BCUT2D eigenvalue weighted by atomic mass is 9.82. The third-order valence-corrected chi connectivity index (χ3v) is 7.82. The fourth-order valence-electron chi connectivity index (χ4n) is 5.48. The molecule has 0 aromatic heterocycles. The molecule has 0 saturated carbocycles. The molecule has 34 heavy (non-hydrogen) atoms. The van der Waals surface area contributed by atoms with Gasteiger partial charge < -0.3 is 9.84 Å². The number of hydrogen-bond acceptors (Lipinski definition) is 5. The summed E-state index contributed by atoms with van der Waals surface area (Å²) in [6, 6.07) is 4.33. The van der Waals surface area contributed by atoms with Crippen LogP contribution in [0.2, 0.25) is 0 Å². The molecule has 0 radical (unpaired) electrons. The number of phenolic OH excluding ortho intramolecular Hbond substituents is 1. The van der Waals surface area contributed by atoms with Crippen LogP contribution in [0.25, 0.3) is 6.08 Å². The SMILES string of the molecule is CCc1c(O)c(CC)c2c(c1CC)OC(CC)(C(=S)NN1C=Cc3c(C)cc(C)cc3N1)CC2. The Bertz CT molecular complexity index is 1130. The van der Waals surface area contributed by atoms with Gasteiger partial charge in [0.2, 0.25) is 0 Å². The Morgan fingerprint density at radius 2 is 1.82 bits per heavy atom. The van der Waals surface area contributed by atoms with E-state index in [0.717, 1.165) is 72.2 Å². The van der Waals surface area contributed by atoms with E-state index >= 15 is 0 Å². The molecule has 0 aliphatic carbocycles. The number of thiocarbonyl (C=S) groups is 1. The maximum atomic E-state index is 11.0. The zero-order valence-corrected chi connectivity index (χ0v) is 22.1. The molecule has 0 spiro atoms. The van der Waals surface area contributed by atoms with E-state index in [1.54, 1.807) is 0 Å². The molecule has 2 aliphatic heterocycles. The largest absolute Gasteiger partial charge is 0.507 e. The minimum atomic E-state index is -0.600. The second kappa shape index (κ2) is 9.49. The van der Waals surface area contributed by atoms with Crippen LogP contribution >= 0.6 is 12.2 Å². The van der Waals surface area contributed by atoms with Crippen LogP contribution in [-0.2, 0) is 25.7 Å². The minimum Gasteiger partial charge on any atom is -0.507 e. The van der Waals surface area contributed by atoms with Crippen LogP contribution in [0, 0.1) is 13.8 Å². The highest BCUT2D eigenvalue weighted by Crippen LogP contribution is 2.46. The van der Waals surface area contributed by atoms with Crippen LogP contribution in [-0.4, -0.2) is 20.8 Å². The molecule has 0 amide bonds. The van der Waals surface area contributed by atoms with E-state index in [0.29, 0.717) is 10.7 Å². The van der Waals surface area contributed by atoms with Crippen molar-refractivity contribution < 1.29 is 9.84 Å². The van der Waals surface area contributed by atoms with Gasteiger partial charge in [0.05, 0.1) is 5.69 Å². The van der Waals surface area contributed by atoms with Gasteiger partial charge in [-0.2, -0.15) is 0 Å². The van der Waals surface area contributed by atoms with Gasteiger partial charge in [-0.3, -0.25) is 10.9 Å². The van der Waals surface area contributed by atoms with Gasteiger partial charge in [0.25, 0.3) is 0 Å². The first-order chi connectivity index (χ1) is 16.3.